The van der Waals surface area contributed by atoms with E-state index in [0.29, 0.717) is 24.0 Å². The Morgan fingerprint density at radius 1 is 1.35 bits per heavy atom. The van der Waals surface area contributed by atoms with Crippen molar-refractivity contribution < 1.29 is 19.4 Å². The van der Waals surface area contributed by atoms with Crippen LogP contribution in [-0.2, 0) is 22.6 Å². The minimum atomic E-state index is -0.831. The number of ether oxygens (including phenoxy) is 1. The van der Waals surface area contributed by atoms with Crippen LogP contribution in [0.25, 0.3) is 0 Å². The normalized spacial score (nSPS) is 13.5. The van der Waals surface area contributed by atoms with Crippen LogP contribution in [0.5, 0.6) is 0 Å². The van der Waals surface area contributed by atoms with Crippen molar-refractivity contribution in [3.8, 4) is 6.07 Å². The lowest BCUT2D eigenvalue weighted by molar-refractivity contribution is -0.136. The highest BCUT2D eigenvalue weighted by Crippen LogP contribution is 2.33. The summed E-state index contributed by atoms with van der Waals surface area (Å²) in [5, 5.41) is 18.2. The molecule has 0 amide bonds. The quantitative estimate of drug-likeness (QED) is 0.666. The van der Waals surface area contributed by atoms with Gasteiger partial charge in [0, 0.05) is 12.0 Å². The maximum atomic E-state index is 11.9. The third kappa shape index (κ3) is 3.26. The summed E-state index contributed by atoms with van der Waals surface area (Å²) in [6, 6.07) is 2.14. The minimum absolute atomic E-state index is 0.0853. The first kappa shape index (κ1) is 16.8. The average Bonchev–Trinajstić information content (AvgIpc) is 2.89. The van der Waals surface area contributed by atoms with Crippen LogP contribution in [0.3, 0.4) is 0 Å². The van der Waals surface area contributed by atoms with E-state index >= 15 is 0 Å². The second kappa shape index (κ2) is 6.66. The molecule has 1 aliphatic heterocycles. The van der Waals surface area contributed by atoms with Crippen molar-refractivity contribution in [2.45, 2.75) is 46.6 Å². The van der Waals surface area contributed by atoms with Crippen LogP contribution in [0, 0.1) is 25.2 Å². The van der Waals surface area contributed by atoms with Crippen LogP contribution in [0.2, 0.25) is 0 Å². The van der Waals surface area contributed by atoms with Gasteiger partial charge in [-0.15, -0.1) is 0 Å². The number of hydrogen-bond donors (Lipinski definition) is 1. The van der Waals surface area contributed by atoms with Crippen molar-refractivity contribution in [2.75, 3.05) is 0 Å². The van der Waals surface area contributed by atoms with Gasteiger partial charge >= 0.3 is 11.9 Å². The van der Waals surface area contributed by atoms with Crippen molar-refractivity contribution in [3.63, 3.8) is 0 Å². The Labute approximate surface area is 135 Å². The predicted molar refractivity (Wildman–Crippen MR) is 84.1 cm³/mol. The highest BCUT2D eigenvalue weighted by atomic mass is 16.5. The molecule has 23 heavy (non-hydrogen) atoms. The van der Waals surface area contributed by atoms with Crippen molar-refractivity contribution in [1.82, 2.24) is 0 Å². The van der Waals surface area contributed by atoms with E-state index in [-0.39, 0.29) is 13.0 Å². The molecular weight excluding hydrogens is 294 g/mol. The number of nitriles is 1. The van der Waals surface area contributed by atoms with Gasteiger partial charge in [-0.05, 0) is 50.3 Å². The Morgan fingerprint density at radius 3 is 2.65 bits per heavy atom. The molecule has 1 heterocycles. The topological polar surface area (TPSA) is 87.4 Å². The molecule has 0 unspecified atom stereocenters. The molecule has 5 nitrogen and oxygen atoms in total. The fourth-order valence-corrected chi connectivity index (χ4v) is 2.81. The van der Waals surface area contributed by atoms with Gasteiger partial charge in [0.25, 0.3) is 0 Å². The first-order valence-electron chi connectivity index (χ1n) is 7.46. The summed E-state index contributed by atoms with van der Waals surface area (Å²) >= 11 is 0. The lowest BCUT2D eigenvalue weighted by atomic mass is 9.87. The average molecular weight is 313 g/mol. The summed E-state index contributed by atoms with van der Waals surface area (Å²) in [5.41, 5.74) is 5.32. The summed E-state index contributed by atoms with van der Waals surface area (Å²) in [5.74, 6) is -1.27. The van der Waals surface area contributed by atoms with Gasteiger partial charge in [-0.3, -0.25) is 4.79 Å². The standard InChI is InChI=1S/C18H19NO4/c1-10(5-7-16(20)21)4-6-13-11(2)12(3)15-9-23-18(22)17(15)14(13)8-19/h4H,5-7,9H2,1-3H3,(H,20,21)/b10-4+. The molecule has 0 spiro atoms. The van der Waals surface area contributed by atoms with E-state index < -0.39 is 11.9 Å². The first-order chi connectivity index (χ1) is 10.9. The first-order valence-corrected chi connectivity index (χ1v) is 7.46. The summed E-state index contributed by atoms with van der Waals surface area (Å²) in [6.07, 6.45) is 2.99. The maximum absolute atomic E-state index is 11.9. The summed E-state index contributed by atoms with van der Waals surface area (Å²) in [7, 11) is 0. The summed E-state index contributed by atoms with van der Waals surface area (Å²) < 4.78 is 5.08. The molecule has 0 saturated heterocycles. The number of esters is 1. The number of fused-ring (bicyclic) bond motifs is 1. The molecule has 1 aromatic carbocycles. The Hall–Kier alpha value is -2.61. The van der Waals surface area contributed by atoms with Gasteiger partial charge in [-0.2, -0.15) is 5.26 Å². The molecule has 0 bridgehead atoms. The number of carbonyl (C=O) groups excluding carboxylic acids is 1. The van der Waals surface area contributed by atoms with E-state index in [2.05, 4.69) is 6.07 Å². The van der Waals surface area contributed by atoms with Gasteiger partial charge in [0.15, 0.2) is 0 Å². The molecule has 0 fully saturated rings. The second-order valence-corrected chi connectivity index (χ2v) is 5.79. The van der Waals surface area contributed by atoms with Crippen LogP contribution in [-0.4, -0.2) is 17.0 Å². The molecular formula is C18H19NO4. The van der Waals surface area contributed by atoms with Crippen molar-refractivity contribution >= 4 is 11.9 Å². The lowest BCUT2D eigenvalue weighted by Crippen LogP contribution is -2.06. The molecule has 0 radical (unpaired) electrons. The third-order valence-electron chi connectivity index (χ3n) is 4.37. The van der Waals surface area contributed by atoms with Crippen LogP contribution in [0.15, 0.2) is 11.6 Å². The van der Waals surface area contributed by atoms with Gasteiger partial charge in [0.1, 0.15) is 12.7 Å². The molecule has 0 aromatic heterocycles. The summed E-state index contributed by atoms with van der Waals surface area (Å²) in [6.45, 7) is 5.97. The largest absolute Gasteiger partial charge is 0.481 e. The number of aliphatic carboxylic acids is 1. The van der Waals surface area contributed by atoms with Crippen molar-refractivity contribution in [2.24, 2.45) is 0 Å². The molecule has 1 aliphatic rings. The van der Waals surface area contributed by atoms with Gasteiger partial charge in [0.05, 0.1) is 11.1 Å². The van der Waals surface area contributed by atoms with E-state index in [0.717, 1.165) is 27.8 Å². The molecule has 0 atom stereocenters. The number of carbonyl (C=O) groups is 2. The molecule has 5 heteroatoms. The van der Waals surface area contributed by atoms with E-state index in [1.165, 1.54) is 0 Å². The maximum Gasteiger partial charge on any atom is 0.340 e. The molecule has 0 aliphatic carbocycles. The number of carboxylic acids is 1. The molecule has 1 aromatic rings. The number of allylic oxidation sites excluding steroid dienone is 2. The Morgan fingerprint density at radius 2 is 2.04 bits per heavy atom. The van der Waals surface area contributed by atoms with Crippen LogP contribution in [0.4, 0.5) is 0 Å². The highest BCUT2D eigenvalue weighted by Gasteiger charge is 2.30. The summed E-state index contributed by atoms with van der Waals surface area (Å²) in [4.78, 5) is 22.5. The number of carboxylic acid groups (broad SMARTS) is 1. The number of rotatable bonds is 5. The second-order valence-electron chi connectivity index (χ2n) is 5.79. The highest BCUT2D eigenvalue weighted by molar-refractivity contribution is 5.97. The van der Waals surface area contributed by atoms with Gasteiger partial charge < -0.3 is 9.84 Å². The van der Waals surface area contributed by atoms with E-state index in [4.69, 9.17) is 9.84 Å². The zero-order chi connectivity index (χ0) is 17.1. The van der Waals surface area contributed by atoms with Crippen molar-refractivity contribution in [1.29, 1.82) is 5.26 Å². The predicted octanol–water partition coefficient (Wildman–Crippen LogP) is 3.20. The zero-order valence-electron chi connectivity index (χ0n) is 13.5. The molecule has 0 saturated carbocycles. The monoisotopic (exact) mass is 313 g/mol. The number of nitrogens with zero attached hydrogens (tertiary/aromatic N) is 1. The van der Waals surface area contributed by atoms with E-state index in [9.17, 15) is 14.9 Å². The smallest absolute Gasteiger partial charge is 0.340 e. The van der Waals surface area contributed by atoms with E-state index in [1.807, 2.05) is 26.8 Å². The van der Waals surface area contributed by atoms with Crippen LogP contribution < -0.4 is 0 Å². The Balaban J connectivity index is 2.40. The van der Waals surface area contributed by atoms with Crippen molar-refractivity contribution in [3.05, 3.63) is 45.0 Å². The number of hydrogen-bond acceptors (Lipinski definition) is 4. The SMILES string of the molecule is C/C(=C\Cc1c(C)c(C)c2c(c1C#N)C(=O)OC2)CCC(=O)O. The number of cyclic esters (lactones) is 1. The van der Waals surface area contributed by atoms with Gasteiger partial charge in [-0.25, -0.2) is 4.79 Å². The van der Waals surface area contributed by atoms with Crippen LogP contribution in [0.1, 0.15) is 57.9 Å². The Kier molecular flexibility index (Phi) is 4.85. The third-order valence-corrected chi connectivity index (χ3v) is 4.37. The number of benzene rings is 1. The fraction of sp³-hybridized carbons (Fsp3) is 0.389. The van der Waals surface area contributed by atoms with Gasteiger partial charge in [-0.1, -0.05) is 11.6 Å². The lowest BCUT2D eigenvalue weighted by Gasteiger charge is -2.14. The fourth-order valence-electron chi connectivity index (χ4n) is 2.81. The molecule has 2 rings (SSSR count). The van der Waals surface area contributed by atoms with E-state index in [1.54, 1.807) is 0 Å². The molecule has 120 valence electrons. The van der Waals surface area contributed by atoms with Crippen LogP contribution >= 0.6 is 0 Å². The van der Waals surface area contributed by atoms with Gasteiger partial charge in [0.2, 0.25) is 0 Å². The Bertz CT molecular complexity index is 754. The minimum Gasteiger partial charge on any atom is -0.481 e. The molecule has 1 N–H and O–H groups in total. The zero-order valence-corrected chi connectivity index (χ0v) is 13.5.